The van der Waals surface area contributed by atoms with Crippen molar-refractivity contribution >= 4 is 44.7 Å². The molecule has 1 aromatic carbocycles. The van der Waals surface area contributed by atoms with E-state index < -0.39 is 10.0 Å². The van der Waals surface area contributed by atoms with Gasteiger partial charge in [-0.15, -0.1) is 0 Å². The number of benzene rings is 1. The number of sulfonamides is 1. The van der Waals surface area contributed by atoms with Crippen LogP contribution >= 0.6 is 23.2 Å². The van der Waals surface area contributed by atoms with E-state index in [0.29, 0.717) is 22.6 Å². The maximum absolute atomic E-state index is 12.9. The van der Waals surface area contributed by atoms with Gasteiger partial charge in [0, 0.05) is 30.1 Å². The molecule has 0 saturated heterocycles. The molecule has 150 valence electrons. The van der Waals surface area contributed by atoms with Crippen molar-refractivity contribution in [2.24, 2.45) is 0 Å². The van der Waals surface area contributed by atoms with Gasteiger partial charge in [0.1, 0.15) is 10.7 Å². The van der Waals surface area contributed by atoms with Crippen LogP contribution in [0.15, 0.2) is 53.7 Å². The standard InChI is InChI=1S/C20H17Cl2N3O3S/c1-12(26)8-16-9-14(6-7-23-16)15-10-19(13(2)24-11-15)25-29(27,28)20-17(21)4-3-5-18(20)22/h3-7,9-11,25H,8H2,1-2H3. The van der Waals surface area contributed by atoms with Crippen LogP contribution in [0, 0.1) is 6.92 Å². The third-order valence-electron chi connectivity index (χ3n) is 4.10. The van der Waals surface area contributed by atoms with Gasteiger partial charge in [0.2, 0.25) is 0 Å². The van der Waals surface area contributed by atoms with Crippen molar-refractivity contribution in [3.05, 3.63) is 70.2 Å². The third kappa shape index (κ3) is 4.93. The first-order valence-corrected chi connectivity index (χ1v) is 10.8. The third-order valence-corrected chi connectivity index (χ3v) is 6.42. The normalized spacial score (nSPS) is 11.3. The van der Waals surface area contributed by atoms with Crippen molar-refractivity contribution in [1.82, 2.24) is 9.97 Å². The molecule has 0 saturated carbocycles. The maximum Gasteiger partial charge on any atom is 0.264 e. The number of aromatic nitrogens is 2. The number of rotatable bonds is 6. The van der Waals surface area contributed by atoms with Crippen LogP contribution in [0.4, 0.5) is 5.69 Å². The van der Waals surface area contributed by atoms with E-state index >= 15 is 0 Å². The molecule has 9 heteroatoms. The fourth-order valence-corrected chi connectivity index (χ4v) is 4.99. The van der Waals surface area contributed by atoms with E-state index in [1.165, 1.54) is 19.1 Å². The number of carbonyl (C=O) groups excluding carboxylic acids is 1. The van der Waals surface area contributed by atoms with Crippen molar-refractivity contribution in [3.63, 3.8) is 0 Å². The summed E-state index contributed by atoms with van der Waals surface area (Å²) in [5.41, 5.74) is 2.84. The molecule has 3 rings (SSSR count). The highest BCUT2D eigenvalue weighted by molar-refractivity contribution is 7.93. The number of Topliss-reactive ketones (excluding diaryl/α,β-unsaturated/α-hetero) is 1. The second-order valence-corrected chi connectivity index (χ2v) is 8.86. The van der Waals surface area contributed by atoms with E-state index in [1.807, 2.05) is 0 Å². The van der Waals surface area contributed by atoms with Crippen LogP contribution in [0.5, 0.6) is 0 Å². The minimum Gasteiger partial charge on any atom is -0.300 e. The molecule has 2 aromatic heterocycles. The number of hydrogen-bond acceptors (Lipinski definition) is 5. The quantitative estimate of drug-likeness (QED) is 0.589. The summed E-state index contributed by atoms with van der Waals surface area (Å²) >= 11 is 12.1. The SMILES string of the molecule is CC(=O)Cc1cc(-c2cnc(C)c(NS(=O)(=O)c3c(Cl)cccc3Cl)c2)ccn1. The second kappa shape index (κ2) is 8.49. The maximum atomic E-state index is 12.9. The Morgan fingerprint density at radius 3 is 2.41 bits per heavy atom. The molecule has 29 heavy (non-hydrogen) atoms. The minimum absolute atomic E-state index is 0.00162. The van der Waals surface area contributed by atoms with Crippen LogP contribution in [-0.2, 0) is 21.2 Å². The highest BCUT2D eigenvalue weighted by Gasteiger charge is 2.22. The first-order chi connectivity index (χ1) is 13.7. The summed E-state index contributed by atoms with van der Waals surface area (Å²) in [6.07, 6.45) is 3.45. The van der Waals surface area contributed by atoms with Gasteiger partial charge < -0.3 is 0 Å². The van der Waals surface area contributed by atoms with Gasteiger partial charge in [0.25, 0.3) is 10.0 Å². The lowest BCUT2D eigenvalue weighted by Crippen LogP contribution is -2.15. The van der Waals surface area contributed by atoms with E-state index in [9.17, 15) is 13.2 Å². The number of halogens is 2. The Bertz CT molecular complexity index is 1180. The van der Waals surface area contributed by atoms with Crippen LogP contribution in [0.3, 0.4) is 0 Å². The van der Waals surface area contributed by atoms with Crippen molar-refractivity contribution < 1.29 is 13.2 Å². The summed E-state index contributed by atoms with van der Waals surface area (Å²) in [5, 5.41) is 0.0459. The van der Waals surface area contributed by atoms with Crippen LogP contribution in [0.2, 0.25) is 10.0 Å². The molecular weight excluding hydrogens is 433 g/mol. The van der Waals surface area contributed by atoms with Gasteiger partial charge in [-0.3, -0.25) is 19.5 Å². The number of ketones is 1. The van der Waals surface area contributed by atoms with Crippen molar-refractivity contribution in [1.29, 1.82) is 0 Å². The first-order valence-electron chi connectivity index (χ1n) is 8.55. The molecule has 0 radical (unpaired) electrons. The molecule has 0 unspecified atom stereocenters. The second-order valence-electron chi connectivity index (χ2n) is 6.43. The smallest absolute Gasteiger partial charge is 0.264 e. The van der Waals surface area contributed by atoms with Gasteiger partial charge in [-0.2, -0.15) is 0 Å². The summed E-state index contributed by atoms with van der Waals surface area (Å²) in [7, 11) is -4.03. The van der Waals surface area contributed by atoms with Gasteiger partial charge in [-0.25, -0.2) is 8.42 Å². The molecule has 0 spiro atoms. The summed E-state index contributed by atoms with van der Waals surface area (Å²) in [5.74, 6) is 0.00162. The Kier molecular flexibility index (Phi) is 6.21. The Morgan fingerprint density at radius 1 is 1.07 bits per heavy atom. The number of hydrogen-bond donors (Lipinski definition) is 1. The van der Waals surface area contributed by atoms with E-state index in [2.05, 4.69) is 14.7 Å². The molecule has 0 atom stereocenters. The zero-order valence-electron chi connectivity index (χ0n) is 15.6. The predicted octanol–water partition coefficient (Wildman–Crippen LogP) is 4.69. The van der Waals surface area contributed by atoms with E-state index in [0.717, 1.165) is 5.56 Å². The molecule has 0 aliphatic carbocycles. The van der Waals surface area contributed by atoms with Gasteiger partial charge in [0.05, 0.1) is 21.4 Å². The van der Waals surface area contributed by atoms with Crippen LogP contribution < -0.4 is 4.72 Å². The molecule has 1 N–H and O–H groups in total. The number of carbonyl (C=O) groups is 1. The minimum atomic E-state index is -4.03. The van der Waals surface area contributed by atoms with Gasteiger partial charge in [0.15, 0.2) is 0 Å². The highest BCUT2D eigenvalue weighted by Crippen LogP contribution is 2.32. The Balaban J connectivity index is 1.99. The molecule has 0 bridgehead atoms. The summed E-state index contributed by atoms with van der Waals surface area (Å²) in [6.45, 7) is 3.18. The zero-order valence-corrected chi connectivity index (χ0v) is 17.9. The van der Waals surface area contributed by atoms with E-state index in [4.69, 9.17) is 23.2 Å². The van der Waals surface area contributed by atoms with Crippen LogP contribution in [-0.4, -0.2) is 24.2 Å². The Labute approximate surface area is 179 Å². The summed E-state index contributed by atoms with van der Waals surface area (Å²) in [4.78, 5) is 19.6. The molecule has 0 aliphatic rings. The Morgan fingerprint density at radius 2 is 1.76 bits per heavy atom. The lowest BCUT2D eigenvalue weighted by Gasteiger charge is -2.14. The molecule has 6 nitrogen and oxygen atoms in total. The number of nitrogens with one attached hydrogen (secondary N) is 1. The number of anilines is 1. The largest absolute Gasteiger partial charge is 0.300 e. The lowest BCUT2D eigenvalue weighted by atomic mass is 10.1. The average molecular weight is 450 g/mol. The Hall–Kier alpha value is -2.48. The molecule has 0 fully saturated rings. The summed E-state index contributed by atoms with van der Waals surface area (Å²) < 4.78 is 28.2. The van der Waals surface area contributed by atoms with Crippen molar-refractivity contribution in [2.75, 3.05) is 4.72 Å². The average Bonchev–Trinajstić information content (AvgIpc) is 2.62. The van der Waals surface area contributed by atoms with Gasteiger partial charge >= 0.3 is 0 Å². The zero-order chi connectivity index (χ0) is 21.2. The van der Waals surface area contributed by atoms with Gasteiger partial charge in [-0.05, 0) is 49.7 Å². The number of pyridine rings is 2. The van der Waals surface area contributed by atoms with Crippen LogP contribution in [0.1, 0.15) is 18.3 Å². The van der Waals surface area contributed by atoms with Gasteiger partial charge in [-0.1, -0.05) is 29.3 Å². The van der Waals surface area contributed by atoms with Crippen LogP contribution in [0.25, 0.3) is 11.1 Å². The topological polar surface area (TPSA) is 89.0 Å². The molecule has 3 aromatic rings. The van der Waals surface area contributed by atoms with E-state index in [1.54, 1.807) is 43.6 Å². The number of aryl methyl sites for hydroxylation is 1. The predicted molar refractivity (Wildman–Crippen MR) is 114 cm³/mol. The fourth-order valence-electron chi connectivity index (χ4n) is 2.74. The molecular formula is C20H17Cl2N3O3S. The monoisotopic (exact) mass is 449 g/mol. The summed E-state index contributed by atoms with van der Waals surface area (Å²) in [6, 6.07) is 9.68. The fraction of sp³-hybridized carbons (Fsp3) is 0.150. The van der Waals surface area contributed by atoms with E-state index in [-0.39, 0.29) is 27.1 Å². The molecule has 0 aliphatic heterocycles. The lowest BCUT2D eigenvalue weighted by molar-refractivity contribution is -0.116. The first kappa shape index (κ1) is 21.2. The number of nitrogens with zero attached hydrogens (tertiary/aromatic N) is 2. The molecule has 0 amide bonds. The highest BCUT2D eigenvalue weighted by atomic mass is 35.5. The van der Waals surface area contributed by atoms with Crippen molar-refractivity contribution in [2.45, 2.75) is 25.2 Å². The molecule has 2 heterocycles. The van der Waals surface area contributed by atoms with Crippen molar-refractivity contribution in [3.8, 4) is 11.1 Å².